The molecule has 5 heteroatoms. The molecule has 0 bridgehead atoms. The Bertz CT molecular complexity index is 515. The van der Waals surface area contributed by atoms with Gasteiger partial charge in [-0.05, 0) is 12.8 Å². The fourth-order valence-corrected chi connectivity index (χ4v) is 2.48. The smallest absolute Gasteiger partial charge is 0.310 e. The van der Waals surface area contributed by atoms with Crippen molar-refractivity contribution in [1.82, 2.24) is 9.38 Å². The van der Waals surface area contributed by atoms with Crippen molar-refractivity contribution < 1.29 is 9.90 Å². The van der Waals surface area contributed by atoms with Gasteiger partial charge in [0.25, 0.3) is 0 Å². The van der Waals surface area contributed by atoms with Gasteiger partial charge in [0.2, 0.25) is 0 Å². The summed E-state index contributed by atoms with van der Waals surface area (Å²) in [5.41, 5.74) is 0.0831. The Kier molecular flexibility index (Phi) is 2.95. The number of carboxylic acid groups (broad SMARTS) is 1. The number of carbonyl (C=O) groups is 1. The van der Waals surface area contributed by atoms with Gasteiger partial charge in [0, 0.05) is 24.2 Å². The van der Waals surface area contributed by atoms with Gasteiger partial charge in [-0.3, -0.25) is 9.20 Å². The summed E-state index contributed by atoms with van der Waals surface area (Å²) < 4.78 is 1.93. The highest BCUT2D eigenvalue weighted by Gasteiger charge is 2.37. The summed E-state index contributed by atoms with van der Waals surface area (Å²) in [6.45, 7) is 5.66. The summed E-state index contributed by atoms with van der Waals surface area (Å²) in [6.07, 6.45) is 4.31. The summed E-state index contributed by atoms with van der Waals surface area (Å²) in [4.78, 5) is 16.7. The van der Waals surface area contributed by atoms with Gasteiger partial charge in [-0.15, -0.1) is 11.3 Å². The average Bonchev–Trinajstić information content (AvgIpc) is 2.76. The number of nitrogens with zero attached hydrogens (tertiary/aromatic N) is 2. The number of hydrogen-bond acceptors (Lipinski definition) is 3. The molecule has 0 aromatic carbocycles. The van der Waals surface area contributed by atoms with E-state index in [9.17, 15) is 9.90 Å². The third kappa shape index (κ3) is 2.07. The van der Waals surface area contributed by atoms with Crippen molar-refractivity contribution in [2.24, 2.45) is 11.3 Å². The van der Waals surface area contributed by atoms with E-state index in [0.717, 1.165) is 10.7 Å². The van der Waals surface area contributed by atoms with Crippen LogP contribution in [-0.4, -0.2) is 20.5 Å². The summed E-state index contributed by atoms with van der Waals surface area (Å²) in [5, 5.41) is 11.3. The van der Waals surface area contributed by atoms with E-state index >= 15 is 0 Å². The molecule has 2 aromatic heterocycles. The molecule has 0 fully saturated rings. The van der Waals surface area contributed by atoms with Crippen molar-refractivity contribution in [3.8, 4) is 0 Å². The first-order valence-electron chi connectivity index (χ1n) is 5.58. The first kappa shape index (κ1) is 12.1. The SMILES string of the molecule is CC(C)C(C)(Cc1cn2ccsc2n1)C(=O)O. The molecule has 0 aliphatic carbocycles. The Labute approximate surface area is 104 Å². The van der Waals surface area contributed by atoms with Gasteiger partial charge < -0.3 is 5.11 Å². The molecule has 0 aliphatic heterocycles. The van der Waals surface area contributed by atoms with Crippen LogP contribution in [-0.2, 0) is 11.2 Å². The molecule has 2 aromatic rings. The van der Waals surface area contributed by atoms with Gasteiger partial charge in [0.15, 0.2) is 4.96 Å². The summed E-state index contributed by atoms with van der Waals surface area (Å²) in [5.74, 6) is -0.691. The highest BCUT2D eigenvalue weighted by molar-refractivity contribution is 7.15. The lowest BCUT2D eigenvalue weighted by Gasteiger charge is -2.28. The van der Waals surface area contributed by atoms with E-state index in [2.05, 4.69) is 4.98 Å². The molecule has 0 radical (unpaired) electrons. The van der Waals surface area contributed by atoms with Crippen molar-refractivity contribution in [1.29, 1.82) is 0 Å². The molecule has 4 nitrogen and oxygen atoms in total. The second kappa shape index (κ2) is 4.14. The molecule has 0 aliphatic rings. The van der Waals surface area contributed by atoms with Gasteiger partial charge in [0.1, 0.15) is 0 Å². The molecule has 17 heavy (non-hydrogen) atoms. The van der Waals surface area contributed by atoms with Crippen molar-refractivity contribution in [3.05, 3.63) is 23.5 Å². The van der Waals surface area contributed by atoms with Crippen LogP contribution >= 0.6 is 11.3 Å². The number of thiazole rings is 1. The molecule has 2 heterocycles. The standard InChI is InChI=1S/C12H16N2O2S/c1-8(2)12(3,10(15)16)6-9-7-14-4-5-17-11(14)13-9/h4-5,7-8H,6H2,1-3H3,(H,15,16). The molecule has 2 rings (SSSR count). The quantitative estimate of drug-likeness (QED) is 0.910. The fourth-order valence-electron chi connectivity index (χ4n) is 1.76. The van der Waals surface area contributed by atoms with Crippen molar-refractivity contribution in [3.63, 3.8) is 0 Å². The van der Waals surface area contributed by atoms with Crippen LogP contribution in [0.3, 0.4) is 0 Å². The van der Waals surface area contributed by atoms with E-state index in [0.29, 0.717) is 6.42 Å². The van der Waals surface area contributed by atoms with Crippen molar-refractivity contribution >= 4 is 22.3 Å². The largest absolute Gasteiger partial charge is 0.481 e. The number of carboxylic acids is 1. The van der Waals surface area contributed by atoms with Gasteiger partial charge in [-0.2, -0.15) is 0 Å². The van der Waals surface area contributed by atoms with E-state index in [1.807, 2.05) is 36.0 Å². The maximum absolute atomic E-state index is 11.4. The Balaban J connectivity index is 2.30. The molecule has 92 valence electrons. The number of hydrogen-bond donors (Lipinski definition) is 1. The first-order valence-corrected chi connectivity index (χ1v) is 6.46. The number of imidazole rings is 1. The zero-order chi connectivity index (χ0) is 12.6. The average molecular weight is 252 g/mol. The van der Waals surface area contributed by atoms with Crippen LogP contribution in [0.1, 0.15) is 26.5 Å². The molecule has 1 N–H and O–H groups in total. The molecule has 1 atom stereocenters. The topological polar surface area (TPSA) is 54.6 Å². The third-order valence-corrected chi connectivity index (χ3v) is 4.23. The van der Waals surface area contributed by atoms with Gasteiger partial charge in [-0.1, -0.05) is 13.8 Å². The number of rotatable bonds is 4. The third-order valence-electron chi connectivity index (χ3n) is 3.45. The van der Waals surface area contributed by atoms with Gasteiger partial charge in [0.05, 0.1) is 11.1 Å². The van der Waals surface area contributed by atoms with E-state index in [1.165, 1.54) is 0 Å². The lowest BCUT2D eigenvalue weighted by atomic mass is 9.75. The minimum atomic E-state index is -0.760. The Morgan fingerprint density at radius 1 is 1.65 bits per heavy atom. The van der Waals surface area contributed by atoms with E-state index < -0.39 is 11.4 Å². The second-order valence-electron chi connectivity index (χ2n) is 4.88. The van der Waals surface area contributed by atoms with Crippen LogP contribution < -0.4 is 0 Å². The normalized spacial score (nSPS) is 15.3. The predicted octanol–water partition coefficient (Wildman–Crippen LogP) is 2.69. The zero-order valence-electron chi connectivity index (χ0n) is 10.2. The minimum absolute atomic E-state index is 0.0692. The summed E-state index contributed by atoms with van der Waals surface area (Å²) in [6, 6.07) is 0. The maximum Gasteiger partial charge on any atom is 0.310 e. The monoisotopic (exact) mass is 252 g/mol. The van der Waals surface area contributed by atoms with E-state index in [4.69, 9.17) is 0 Å². The van der Waals surface area contributed by atoms with Crippen molar-refractivity contribution in [2.45, 2.75) is 27.2 Å². The molecule has 1 unspecified atom stereocenters. The van der Waals surface area contributed by atoms with Crippen LogP contribution in [0.5, 0.6) is 0 Å². The van der Waals surface area contributed by atoms with E-state index in [1.54, 1.807) is 18.3 Å². The van der Waals surface area contributed by atoms with Gasteiger partial charge in [-0.25, -0.2) is 4.98 Å². The maximum atomic E-state index is 11.4. The molecule has 0 saturated carbocycles. The van der Waals surface area contributed by atoms with Crippen LogP contribution in [0.15, 0.2) is 17.8 Å². The number of fused-ring (bicyclic) bond motifs is 1. The van der Waals surface area contributed by atoms with Crippen LogP contribution in [0, 0.1) is 11.3 Å². The molecular formula is C12H16N2O2S. The molecule has 0 amide bonds. The molecular weight excluding hydrogens is 236 g/mol. The Morgan fingerprint density at radius 2 is 2.35 bits per heavy atom. The first-order chi connectivity index (χ1) is 7.93. The minimum Gasteiger partial charge on any atom is -0.481 e. The van der Waals surface area contributed by atoms with Crippen LogP contribution in [0.25, 0.3) is 4.96 Å². The van der Waals surface area contributed by atoms with Gasteiger partial charge >= 0.3 is 5.97 Å². The summed E-state index contributed by atoms with van der Waals surface area (Å²) >= 11 is 1.56. The molecule has 0 spiro atoms. The number of aromatic nitrogens is 2. The lowest BCUT2D eigenvalue weighted by Crippen LogP contribution is -2.35. The van der Waals surface area contributed by atoms with Crippen LogP contribution in [0.2, 0.25) is 0 Å². The highest BCUT2D eigenvalue weighted by Crippen LogP contribution is 2.31. The lowest BCUT2D eigenvalue weighted by molar-refractivity contribution is -0.150. The van der Waals surface area contributed by atoms with E-state index in [-0.39, 0.29) is 5.92 Å². The molecule has 0 saturated heterocycles. The second-order valence-corrected chi connectivity index (χ2v) is 5.75. The van der Waals surface area contributed by atoms with Crippen molar-refractivity contribution in [2.75, 3.05) is 0 Å². The number of aliphatic carboxylic acids is 1. The predicted molar refractivity (Wildman–Crippen MR) is 67.4 cm³/mol. The Hall–Kier alpha value is -1.36. The van der Waals surface area contributed by atoms with Crippen LogP contribution in [0.4, 0.5) is 0 Å². The fraction of sp³-hybridized carbons (Fsp3) is 0.500. The summed E-state index contributed by atoms with van der Waals surface area (Å²) in [7, 11) is 0. The Morgan fingerprint density at radius 3 is 2.88 bits per heavy atom. The zero-order valence-corrected chi connectivity index (χ0v) is 11.0. The highest BCUT2D eigenvalue weighted by atomic mass is 32.1.